The lowest BCUT2D eigenvalue weighted by Gasteiger charge is -2.29. The van der Waals surface area contributed by atoms with Crippen molar-refractivity contribution in [2.75, 3.05) is 11.9 Å². The highest BCUT2D eigenvalue weighted by atomic mass is 16.5. The predicted octanol–water partition coefficient (Wildman–Crippen LogP) is 2.55. The lowest BCUT2D eigenvalue weighted by atomic mass is 9.95. The summed E-state index contributed by atoms with van der Waals surface area (Å²) in [6, 6.07) is 8.18. The number of aryl methyl sites for hydroxylation is 1. The topological polar surface area (TPSA) is 39.1 Å². The summed E-state index contributed by atoms with van der Waals surface area (Å²) in [5.41, 5.74) is 2.14. The molecule has 4 heteroatoms. The Balaban J connectivity index is 1.98. The van der Waals surface area contributed by atoms with E-state index in [1.165, 1.54) is 0 Å². The van der Waals surface area contributed by atoms with Gasteiger partial charge in [-0.05, 0) is 32.4 Å². The van der Waals surface area contributed by atoms with Crippen molar-refractivity contribution in [3.05, 3.63) is 24.3 Å². The van der Waals surface area contributed by atoms with E-state index in [0.717, 1.165) is 30.0 Å². The number of imidazole rings is 1. The second-order valence-electron chi connectivity index (χ2n) is 5.29. The molecule has 2 atom stereocenters. The summed E-state index contributed by atoms with van der Waals surface area (Å²) in [7, 11) is 2.04. The molecule has 0 amide bonds. The molecule has 2 heterocycles. The van der Waals surface area contributed by atoms with Crippen LogP contribution in [0.15, 0.2) is 24.3 Å². The third kappa shape index (κ3) is 1.68. The van der Waals surface area contributed by atoms with Crippen LogP contribution < -0.4 is 5.32 Å². The third-order valence-electron chi connectivity index (χ3n) is 4.07. The van der Waals surface area contributed by atoms with E-state index in [1.807, 2.05) is 25.2 Å². The molecule has 4 nitrogen and oxygen atoms in total. The number of rotatable bonds is 2. The zero-order chi connectivity index (χ0) is 12.8. The van der Waals surface area contributed by atoms with Gasteiger partial charge in [0.15, 0.2) is 0 Å². The van der Waals surface area contributed by atoms with Gasteiger partial charge in [0.2, 0.25) is 5.95 Å². The summed E-state index contributed by atoms with van der Waals surface area (Å²) in [5, 5.41) is 3.55. The maximum absolute atomic E-state index is 5.66. The molecule has 0 aliphatic carbocycles. The van der Waals surface area contributed by atoms with E-state index in [1.54, 1.807) is 0 Å². The van der Waals surface area contributed by atoms with E-state index >= 15 is 0 Å². The minimum atomic E-state index is -0.0326. The molecule has 1 aliphatic heterocycles. The van der Waals surface area contributed by atoms with Crippen molar-refractivity contribution in [3.63, 3.8) is 0 Å². The highest BCUT2D eigenvalue weighted by Crippen LogP contribution is 2.30. The molecular formula is C14H19N3O. The molecule has 2 aromatic rings. The number of hydrogen-bond donors (Lipinski definition) is 1. The van der Waals surface area contributed by atoms with Crippen molar-refractivity contribution < 1.29 is 4.74 Å². The number of nitrogens with zero attached hydrogens (tertiary/aromatic N) is 2. The molecule has 96 valence electrons. The van der Waals surface area contributed by atoms with Gasteiger partial charge in [0.1, 0.15) is 0 Å². The number of nitrogens with one attached hydrogen (secondary N) is 1. The molecule has 0 radical (unpaired) electrons. The van der Waals surface area contributed by atoms with Gasteiger partial charge in [-0.15, -0.1) is 0 Å². The van der Waals surface area contributed by atoms with E-state index in [-0.39, 0.29) is 11.6 Å². The first kappa shape index (κ1) is 11.5. The Labute approximate surface area is 107 Å². The van der Waals surface area contributed by atoms with Crippen molar-refractivity contribution in [2.45, 2.75) is 31.9 Å². The molecule has 2 unspecified atom stereocenters. The first-order chi connectivity index (χ1) is 8.60. The lowest BCUT2D eigenvalue weighted by molar-refractivity contribution is 0.105. The Hall–Kier alpha value is -1.55. The number of para-hydroxylation sites is 2. The average molecular weight is 245 g/mol. The van der Waals surface area contributed by atoms with Crippen molar-refractivity contribution in [1.29, 1.82) is 0 Å². The normalized spacial score (nSPS) is 27.8. The Morgan fingerprint density at radius 2 is 2.22 bits per heavy atom. The first-order valence-electron chi connectivity index (χ1n) is 6.41. The van der Waals surface area contributed by atoms with E-state index in [9.17, 15) is 0 Å². The Morgan fingerprint density at radius 1 is 1.44 bits per heavy atom. The number of hydrogen-bond acceptors (Lipinski definition) is 3. The van der Waals surface area contributed by atoms with Crippen LogP contribution >= 0.6 is 0 Å². The molecule has 1 saturated heterocycles. The van der Waals surface area contributed by atoms with Crippen molar-refractivity contribution in [1.82, 2.24) is 9.55 Å². The second kappa shape index (κ2) is 3.99. The minimum absolute atomic E-state index is 0.0326. The minimum Gasteiger partial charge on any atom is -0.376 e. The highest BCUT2D eigenvalue weighted by Gasteiger charge is 2.37. The summed E-state index contributed by atoms with van der Waals surface area (Å²) in [6.45, 7) is 5.13. The van der Waals surface area contributed by atoms with Crippen LogP contribution in [0.4, 0.5) is 5.95 Å². The molecule has 1 aromatic heterocycles. The standard InChI is InChI=1S/C14H19N3O/c1-10-14(2,8-9-18-10)16-13-15-11-6-4-5-7-12(11)17(13)3/h4-7,10H,8-9H2,1-3H3,(H,15,16). The van der Waals surface area contributed by atoms with Gasteiger partial charge < -0.3 is 14.6 Å². The number of benzene rings is 1. The van der Waals surface area contributed by atoms with Gasteiger partial charge in [-0.2, -0.15) is 0 Å². The molecule has 3 rings (SSSR count). The van der Waals surface area contributed by atoms with E-state index in [0.29, 0.717) is 0 Å². The van der Waals surface area contributed by atoms with E-state index in [2.05, 4.69) is 34.8 Å². The van der Waals surface area contributed by atoms with Gasteiger partial charge in [0, 0.05) is 13.7 Å². The van der Waals surface area contributed by atoms with Gasteiger partial charge in [0.05, 0.1) is 22.7 Å². The van der Waals surface area contributed by atoms with Crippen LogP contribution in [0.1, 0.15) is 20.3 Å². The summed E-state index contributed by atoms with van der Waals surface area (Å²) < 4.78 is 7.76. The number of aromatic nitrogens is 2. The van der Waals surface area contributed by atoms with Crippen LogP contribution in [0.5, 0.6) is 0 Å². The van der Waals surface area contributed by atoms with Gasteiger partial charge >= 0.3 is 0 Å². The van der Waals surface area contributed by atoms with Crippen LogP contribution in [-0.4, -0.2) is 27.8 Å². The molecule has 0 bridgehead atoms. The van der Waals surface area contributed by atoms with E-state index in [4.69, 9.17) is 4.74 Å². The van der Waals surface area contributed by atoms with Gasteiger partial charge in [-0.25, -0.2) is 4.98 Å². The van der Waals surface area contributed by atoms with Crippen molar-refractivity contribution in [3.8, 4) is 0 Å². The maximum Gasteiger partial charge on any atom is 0.204 e. The summed E-state index contributed by atoms with van der Waals surface area (Å²) >= 11 is 0. The zero-order valence-electron chi connectivity index (χ0n) is 11.1. The fourth-order valence-corrected chi connectivity index (χ4v) is 2.51. The largest absolute Gasteiger partial charge is 0.376 e. The Morgan fingerprint density at radius 3 is 2.89 bits per heavy atom. The van der Waals surface area contributed by atoms with Crippen molar-refractivity contribution >= 4 is 17.0 Å². The zero-order valence-corrected chi connectivity index (χ0v) is 11.1. The van der Waals surface area contributed by atoms with Gasteiger partial charge in [0.25, 0.3) is 0 Å². The Kier molecular flexibility index (Phi) is 2.55. The van der Waals surface area contributed by atoms with Crippen LogP contribution in [0, 0.1) is 0 Å². The summed E-state index contributed by atoms with van der Waals surface area (Å²) in [6.07, 6.45) is 1.22. The summed E-state index contributed by atoms with van der Waals surface area (Å²) in [5.74, 6) is 0.913. The lowest BCUT2D eigenvalue weighted by Crippen LogP contribution is -2.42. The molecular weight excluding hydrogens is 226 g/mol. The third-order valence-corrected chi connectivity index (χ3v) is 4.07. The number of anilines is 1. The smallest absolute Gasteiger partial charge is 0.204 e. The molecule has 1 N–H and O–H groups in total. The predicted molar refractivity (Wildman–Crippen MR) is 72.8 cm³/mol. The molecule has 1 aromatic carbocycles. The van der Waals surface area contributed by atoms with Crippen LogP contribution in [0.25, 0.3) is 11.0 Å². The van der Waals surface area contributed by atoms with Crippen LogP contribution in [0.2, 0.25) is 0 Å². The first-order valence-corrected chi connectivity index (χ1v) is 6.41. The second-order valence-corrected chi connectivity index (χ2v) is 5.29. The monoisotopic (exact) mass is 245 g/mol. The number of fused-ring (bicyclic) bond motifs is 1. The molecule has 0 spiro atoms. The highest BCUT2D eigenvalue weighted by molar-refractivity contribution is 5.78. The molecule has 1 fully saturated rings. The van der Waals surface area contributed by atoms with Gasteiger partial charge in [-0.3, -0.25) is 0 Å². The fourth-order valence-electron chi connectivity index (χ4n) is 2.51. The van der Waals surface area contributed by atoms with E-state index < -0.39 is 0 Å². The molecule has 0 saturated carbocycles. The molecule has 1 aliphatic rings. The maximum atomic E-state index is 5.66. The molecule has 18 heavy (non-hydrogen) atoms. The fraction of sp³-hybridized carbons (Fsp3) is 0.500. The van der Waals surface area contributed by atoms with Crippen LogP contribution in [-0.2, 0) is 11.8 Å². The van der Waals surface area contributed by atoms with Crippen molar-refractivity contribution in [2.24, 2.45) is 7.05 Å². The number of ether oxygens (including phenoxy) is 1. The quantitative estimate of drug-likeness (QED) is 0.883. The van der Waals surface area contributed by atoms with Gasteiger partial charge in [-0.1, -0.05) is 12.1 Å². The SMILES string of the molecule is CC1OCCC1(C)Nc1nc2ccccc2n1C. The Bertz CT molecular complexity index is 577. The average Bonchev–Trinajstić information content (AvgIpc) is 2.83. The van der Waals surface area contributed by atoms with Crippen LogP contribution in [0.3, 0.4) is 0 Å². The summed E-state index contributed by atoms with van der Waals surface area (Å²) in [4.78, 5) is 4.65.